The molecular formula is C16H18FNO2. The molecular weight excluding hydrogens is 257 g/mol. The Morgan fingerprint density at radius 1 is 1.35 bits per heavy atom. The first kappa shape index (κ1) is 14.3. The lowest BCUT2D eigenvalue weighted by Gasteiger charge is -2.17. The van der Waals surface area contributed by atoms with E-state index >= 15 is 0 Å². The molecule has 0 unspecified atom stereocenters. The van der Waals surface area contributed by atoms with Crippen LogP contribution in [0.15, 0.2) is 24.4 Å². The Morgan fingerprint density at radius 2 is 2.05 bits per heavy atom. The van der Waals surface area contributed by atoms with Crippen LogP contribution in [0.25, 0.3) is 17.0 Å². The number of hydrogen-bond acceptors (Lipinski definition) is 2. The van der Waals surface area contributed by atoms with Crippen LogP contribution in [-0.4, -0.2) is 16.6 Å². The van der Waals surface area contributed by atoms with E-state index in [1.807, 2.05) is 13.1 Å². The Hall–Kier alpha value is -2.10. The van der Waals surface area contributed by atoms with Crippen molar-refractivity contribution in [3.63, 3.8) is 0 Å². The van der Waals surface area contributed by atoms with Crippen molar-refractivity contribution < 1.29 is 13.9 Å². The molecule has 0 aliphatic rings. The number of aromatic amines is 1. The summed E-state index contributed by atoms with van der Waals surface area (Å²) in [6, 6.07) is 2.87. The highest BCUT2D eigenvalue weighted by molar-refractivity contribution is 5.94. The van der Waals surface area contributed by atoms with Crippen molar-refractivity contribution in [1.29, 1.82) is 0 Å². The SMILES string of the molecule is Cc1c[nH]c2c(/C=C/C(=O)OC(C)(C)C)cc(F)cc12. The highest BCUT2D eigenvalue weighted by Gasteiger charge is 2.14. The molecule has 3 nitrogen and oxygen atoms in total. The summed E-state index contributed by atoms with van der Waals surface area (Å²) in [4.78, 5) is 14.7. The average Bonchev–Trinajstić information content (AvgIpc) is 2.66. The number of aryl methyl sites for hydroxylation is 1. The van der Waals surface area contributed by atoms with Gasteiger partial charge in [-0.2, -0.15) is 0 Å². The summed E-state index contributed by atoms with van der Waals surface area (Å²) < 4.78 is 18.8. The zero-order valence-electron chi connectivity index (χ0n) is 12.1. The fourth-order valence-corrected chi connectivity index (χ4v) is 1.98. The number of halogens is 1. The second-order valence-corrected chi connectivity index (χ2v) is 5.76. The summed E-state index contributed by atoms with van der Waals surface area (Å²) in [5, 5.41) is 0.814. The highest BCUT2D eigenvalue weighted by Crippen LogP contribution is 2.24. The Labute approximate surface area is 117 Å². The maximum Gasteiger partial charge on any atom is 0.331 e. The Morgan fingerprint density at radius 3 is 2.70 bits per heavy atom. The molecule has 0 aliphatic carbocycles. The van der Waals surface area contributed by atoms with E-state index in [9.17, 15) is 9.18 Å². The number of carbonyl (C=O) groups is 1. The minimum absolute atomic E-state index is 0.330. The van der Waals surface area contributed by atoms with E-state index in [0.29, 0.717) is 5.56 Å². The number of benzene rings is 1. The van der Waals surface area contributed by atoms with Crippen molar-refractivity contribution in [3.05, 3.63) is 41.3 Å². The number of rotatable bonds is 2. The predicted octanol–water partition coefficient (Wildman–Crippen LogP) is 3.97. The van der Waals surface area contributed by atoms with Crippen molar-refractivity contribution in [2.75, 3.05) is 0 Å². The maximum atomic E-state index is 13.6. The lowest BCUT2D eigenvalue weighted by atomic mass is 10.1. The van der Waals surface area contributed by atoms with Gasteiger partial charge in [-0.1, -0.05) is 0 Å². The highest BCUT2D eigenvalue weighted by atomic mass is 19.1. The standard InChI is InChI=1S/C16H18FNO2/c1-10-9-18-15-11(7-12(17)8-13(10)15)5-6-14(19)20-16(2,3)4/h5-9,18H,1-4H3/b6-5+. The van der Waals surface area contributed by atoms with Gasteiger partial charge in [0.05, 0.1) is 5.52 Å². The summed E-state index contributed by atoms with van der Waals surface area (Å²) >= 11 is 0. The summed E-state index contributed by atoms with van der Waals surface area (Å²) in [6.07, 6.45) is 4.69. The average molecular weight is 275 g/mol. The molecule has 0 fully saturated rings. The second kappa shape index (κ2) is 5.12. The lowest BCUT2D eigenvalue weighted by molar-refractivity contribution is -0.148. The molecule has 0 bridgehead atoms. The molecule has 0 radical (unpaired) electrons. The first-order chi connectivity index (χ1) is 9.26. The molecule has 20 heavy (non-hydrogen) atoms. The van der Waals surface area contributed by atoms with Crippen LogP contribution in [0.4, 0.5) is 4.39 Å². The quantitative estimate of drug-likeness (QED) is 0.665. The van der Waals surface area contributed by atoms with Crippen LogP contribution in [0.1, 0.15) is 31.9 Å². The van der Waals surface area contributed by atoms with E-state index in [1.54, 1.807) is 26.8 Å². The first-order valence-corrected chi connectivity index (χ1v) is 6.44. The third kappa shape index (κ3) is 3.26. The normalized spacial score (nSPS) is 12.2. The fourth-order valence-electron chi connectivity index (χ4n) is 1.98. The van der Waals surface area contributed by atoms with E-state index in [-0.39, 0.29) is 5.82 Å². The van der Waals surface area contributed by atoms with Crippen LogP contribution in [0, 0.1) is 12.7 Å². The molecule has 0 saturated heterocycles. The van der Waals surface area contributed by atoms with Crippen molar-refractivity contribution in [3.8, 4) is 0 Å². The number of nitrogens with one attached hydrogen (secondary N) is 1. The molecule has 0 amide bonds. The van der Waals surface area contributed by atoms with E-state index in [4.69, 9.17) is 4.74 Å². The third-order valence-corrected chi connectivity index (χ3v) is 2.80. The number of aromatic nitrogens is 1. The van der Waals surface area contributed by atoms with Crippen LogP contribution >= 0.6 is 0 Å². The van der Waals surface area contributed by atoms with Crippen molar-refractivity contribution in [1.82, 2.24) is 4.98 Å². The molecule has 1 heterocycles. The number of H-pyrrole nitrogens is 1. The molecule has 106 valence electrons. The van der Waals surface area contributed by atoms with Gasteiger partial charge in [-0.25, -0.2) is 9.18 Å². The number of fused-ring (bicyclic) bond motifs is 1. The van der Waals surface area contributed by atoms with Crippen molar-refractivity contribution in [2.24, 2.45) is 0 Å². The van der Waals surface area contributed by atoms with Crippen LogP contribution in [0.2, 0.25) is 0 Å². The van der Waals surface area contributed by atoms with Crippen LogP contribution in [0.3, 0.4) is 0 Å². The van der Waals surface area contributed by atoms with Gasteiger partial charge in [-0.15, -0.1) is 0 Å². The molecule has 0 spiro atoms. The van der Waals surface area contributed by atoms with Crippen LogP contribution in [-0.2, 0) is 9.53 Å². The Kier molecular flexibility index (Phi) is 3.66. The number of ether oxygens (including phenoxy) is 1. The maximum absolute atomic E-state index is 13.6. The molecule has 4 heteroatoms. The topological polar surface area (TPSA) is 42.1 Å². The molecule has 2 rings (SSSR count). The minimum Gasteiger partial charge on any atom is -0.457 e. The van der Waals surface area contributed by atoms with Gasteiger partial charge in [-0.3, -0.25) is 0 Å². The summed E-state index contributed by atoms with van der Waals surface area (Å²) in [7, 11) is 0. The van der Waals surface area contributed by atoms with E-state index < -0.39 is 11.6 Å². The van der Waals surface area contributed by atoms with Gasteiger partial charge in [0.15, 0.2) is 0 Å². The van der Waals surface area contributed by atoms with E-state index in [2.05, 4.69) is 4.98 Å². The number of carbonyl (C=O) groups excluding carboxylic acids is 1. The van der Waals surface area contributed by atoms with Gasteiger partial charge in [0.1, 0.15) is 11.4 Å². The van der Waals surface area contributed by atoms with E-state index in [1.165, 1.54) is 18.2 Å². The van der Waals surface area contributed by atoms with Gasteiger partial charge < -0.3 is 9.72 Å². The Bertz CT molecular complexity index is 678. The lowest BCUT2D eigenvalue weighted by Crippen LogP contribution is -2.22. The minimum atomic E-state index is -0.540. The first-order valence-electron chi connectivity index (χ1n) is 6.44. The van der Waals surface area contributed by atoms with Crippen LogP contribution in [0.5, 0.6) is 0 Å². The van der Waals surface area contributed by atoms with Crippen molar-refractivity contribution >= 4 is 22.9 Å². The number of hydrogen-bond donors (Lipinski definition) is 1. The molecule has 0 aliphatic heterocycles. The van der Waals surface area contributed by atoms with Gasteiger partial charge in [0.25, 0.3) is 0 Å². The smallest absolute Gasteiger partial charge is 0.331 e. The molecule has 1 N–H and O–H groups in total. The predicted molar refractivity (Wildman–Crippen MR) is 77.9 cm³/mol. The largest absolute Gasteiger partial charge is 0.457 e. The van der Waals surface area contributed by atoms with E-state index in [0.717, 1.165) is 16.5 Å². The van der Waals surface area contributed by atoms with Crippen LogP contribution < -0.4 is 0 Å². The van der Waals surface area contributed by atoms with Crippen molar-refractivity contribution in [2.45, 2.75) is 33.3 Å². The number of esters is 1. The fraction of sp³-hybridized carbons (Fsp3) is 0.312. The second-order valence-electron chi connectivity index (χ2n) is 5.76. The molecule has 0 atom stereocenters. The summed E-state index contributed by atoms with van der Waals surface area (Å²) in [5.74, 6) is -0.776. The third-order valence-electron chi connectivity index (χ3n) is 2.80. The zero-order chi connectivity index (χ0) is 14.9. The Balaban J connectivity index is 2.32. The summed E-state index contributed by atoms with van der Waals surface area (Å²) in [6.45, 7) is 7.30. The molecule has 1 aromatic carbocycles. The molecule has 0 saturated carbocycles. The molecule has 2 aromatic rings. The van der Waals surface area contributed by atoms with Gasteiger partial charge in [-0.05, 0) is 51.5 Å². The van der Waals surface area contributed by atoms with Gasteiger partial charge >= 0.3 is 5.97 Å². The summed E-state index contributed by atoms with van der Waals surface area (Å²) in [5.41, 5.74) is 1.86. The van der Waals surface area contributed by atoms with Gasteiger partial charge in [0.2, 0.25) is 0 Å². The molecule has 1 aromatic heterocycles. The zero-order valence-corrected chi connectivity index (χ0v) is 12.1. The monoisotopic (exact) mass is 275 g/mol. The van der Waals surface area contributed by atoms with Gasteiger partial charge in [0, 0.05) is 23.2 Å².